The number of anilines is 1. The predicted octanol–water partition coefficient (Wildman–Crippen LogP) is 2.63. The van der Waals surface area contributed by atoms with Crippen LogP contribution in [0.25, 0.3) is 0 Å². The van der Waals surface area contributed by atoms with Crippen LogP contribution in [0.5, 0.6) is 0 Å². The molecule has 2 heterocycles. The maximum absolute atomic E-state index is 5.60. The van der Waals surface area contributed by atoms with Gasteiger partial charge in [-0.2, -0.15) is 11.8 Å². The average Bonchev–Trinajstić information content (AvgIpc) is 2.82. The number of thioether (sulfide) groups is 1. The van der Waals surface area contributed by atoms with Crippen molar-refractivity contribution in [2.24, 2.45) is 0 Å². The normalized spacial score (nSPS) is 19.1. The second-order valence-electron chi connectivity index (χ2n) is 4.49. The molecule has 4 nitrogen and oxygen atoms in total. The first-order valence-electron chi connectivity index (χ1n) is 6.55. The Bertz CT molecular complexity index is 380. The molecule has 0 aliphatic carbocycles. The van der Waals surface area contributed by atoms with Gasteiger partial charge in [0.1, 0.15) is 11.6 Å². The van der Waals surface area contributed by atoms with Gasteiger partial charge >= 0.3 is 0 Å². The van der Waals surface area contributed by atoms with Gasteiger partial charge in [0.2, 0.25) is 0 Å². The van der Waals surface area contributed by atoms with Gasteiger partial charge in [0.15, 0.2) is 0 Å². The number of aryl methyl sites for hydroxylation is 1. The first kappa shape index (κ1) is 13.6. The second kappa shape index (κ2) is 6.95. The third kappa shape index (κ3) is 4.14. The van der Waals surface area contributed by atoms with Crippen LogP contribution in [0, 0.1) is 6.92 Å². The number of nitrogens with zero attached hydrogens (tertiary/aromatic N) is 2. The second-order valence-corrected chi connectivity index (χ2v) is 5.52. The molecule has 0 aromatic carbocycles. The van der Waals surface area contributed by atoms with E-state index in [-0.39, 0.29) is 0 Å². The zero-order valence-corrected chi connectivity index (χ0v) is 11.9. The van der Waals surface area contributed by atoms with Gasteiger partial charge in [-0.15, -0.1) is 0 Å². The van der Waals surface area contributed by atoms with E-state index in [0.29, 0.717) is 6.10 Å². The number of ether oxygens (including phenoxy) is 1. The molecule has 1 unspecified atom stereocenters. The highest BCUT2D eigenvalue weighted by molar-refractivity contribution is 7.98. The molecule has 0 spiro atoms. The van der Waals surface area contributed by atoms with Crippen molar-refractivity contribution in [3.05, 3.63) is 17.6 Å². The number of hydrogen-bond acceptors (Lipinski definition) is 5. The lowest BCUT2D eigenvalue weighted by atomic mass is 10.3. The number of nitrogens with one attached hydrogen (secondary N) is 1. The molecule has 0 bridgehead atoms. The van der Waals surface area contributed by atoms with Crippen LogP contribution in [-0.2, 0) is 10.5 Å². The molecule has 0 amide bonds. The molecule has 1 aromatic heterocycles. The van der Waals surface area contributed by atoms with E-state index in [2.05, 4.69) is 22.2 Å². The first-order chi connectivity index (χ1) is 8.78. The third-order valence-corrected chi connectivity index (χ3v) is 3.89. The summed E-state index contributed by atoms with van der Waals surface area (Å²) < 4.78 is 5.60. The highest BCUT2D eigenvalue weighted by Crippen LogP contribution is 2.19. The summed E-state index contributed by atoms with van der Waals surface area (Å²) in [6.45, 7) is 5.90. The largest absolute Gasteiger partial charge is 0.377 e. The van der Waals surface area contributed by atoms with Gasteiger partial charge in [-0.05, 0) is 26.7 Å². The van der Waals surface area contributed by atoms with Gasteiger partial charge in [0.05, 0.1) is 11.9 Å². The van der Waals surface area contributed by atoms with Gasteiger partial charge in [-0.1, -0.05) is 0 Å². The predicted molar refractivity (Wildman–Crippen MR) is 76.1 cm³/mol. The summed E-state index contributed by atoms with van der Waals surface area (Å²) in [7, 11) is 0. The summed E-state index contributed by atoms with van der Waals surface area (Å²) in [5.41, 5.74) is 1.02. The standard InChI is InChI=1S/C13H21N3OS/c1-3-14-12-7-10(2)15-13(16-12)9-18-8-11-5-4-6-17-11/h7,11H,3-6,8-9H2,1-2H3,(H,14,15,16). The minimum absolute atomic E-state index is 0.438. The lowest BCUT2D eigenvalue weighted by Gasteiger charge is -2.09. The molecule has 1 fully saturated rings. The van der Waals surface area contributed by atoms with E-state index in [1.165, 1.54) is 12.8 Å². The van der Waals surface area contributed by atoms with Crippen molar-refractivity contribution in [1.29, 1.82) is 0 Å². The Hall–Kier alpha value is -0.810. The molecule has 100 valence electrons. The Kier molecular flexibility index (Phi) is 5.26. The topological polar surface area (TPSA) is 47.0 Å². The van der Waals surface area contributed by atoms with Crippen molar-refractivity contribution in [2.45, 2.75) is 38.5 Å². The summed E-state index contributed by atoms with van der Waals surface area (Å²) in [5.74, 6) is 3.75. The fourth-order valence-electron chi connectivity index (χ4n) is 2.02. The fraction of sp³-hybridized carbons (Fsp3) is 0.692. The van der Waals surface area contributed by atoms with Crippen LogP contribution in [0.1, 0.15) is 31.3 Å². The molecule has 1 aliphatic heterocycles. The van der Waals surface area contributed by atoms with Crippen LogP contribution in [0.4, 0.5) is 5.82 Å². The Morgan fingerprint density at radius 1 is 1.50 bits per heavy atom. The third-order valence-electron chi connectivity index (χ3n) is 2.82. The molecule has 1 aliphatic rings. The molecule has 1 atom stereocenters. The lowest BCUT2D eigenvalue weighted by Crippen LogP contribution is -2.09. The van der Waals surface area contributed by atoms with E-state index in [4.69, 9.17) is 4.74 Å². The zero-order valence-electron chi connectivity index (χ0n) is 11.1. The van der Waals surface area contributed by atoms with Crippen LogP contribution in [-0.4, -0.2) is 35.0 Å². The van der Waals surface area contributed by atoms with Gasteiger partial charge in [0.25, 0.3) is 0 Å². The molecule has 1 aromatic rings. The van der Waals surface area contributed by atoms with Gasteiger partial charge in [-0.3, -0.25) is 0 Å². The first-order valence-corrected chi connectivity index (χ1v) is 7.71. The van der Waals surface area contributed by atoms with E-state index in [9.17, 15) is 0 Å². The van der Waals surface area contributed by atoms with Gasteiger partial charge < -0.3 is 10.1 Å². The number of hydrogen-bond donors (Lipinski definition) is 1. The summed E-state index contributed by atoms with van der Waals surface area (Å²) >= 11 is 1.86. The van der Waals surface area contributed by atoms with Crippen molar-refractivity contribution < 1.29 is 4.74 Å². The van der Waals surface area contributed by atoms with E-state index < -0.39 is 0 Å². The monoisotopic (exact) mass is 267 g/mol. The van der Waals surface area contributed by atoms with E-state index in [0.717, 1.165) is 42.0 Å². The highest BCUT2D eigenvalue weighted by atomic mass is 32.2. The minimum Gasteiger partial charge on any atom is -0.377 e. The average molecular weight is 267 g/mol. The van der Waals surface area contributed by atoms with Crippen LogP contribution >= 0.6 is 11.8 Å². The van der Waals surface area contributed by atoms with E-state index in [1.54, 1.807) is 0 Å². The van der Waals surface area contributed by atoms with Crippen LogP contribution in [0.2, 0.25) is 0 Å². The lowest BCUT2D eigenvalue weighted by molar-refractivity contribution is 0.129. The maximum Gasteiger partial charge on any atom is 0.140 e. The van der Waals surface area contributed by atoms with Crippen molar-refractivity contribution >= 4 is 17.6 Å². The molecule has 18 heavy (non-hydrogen) atoms. The molecular weight excluding hydrogens is 246 g/mol. The Morgan fingerprint density at radius 2 is 2.39 bits per heavy atom. The van der Waals surface area contributed by atoms with Crippen LogP contribution in [0.3, 0.4) is 0 Å². The summed E-state index contributed by atoms with van der Waals surface area (Å²) in [6, 6.07) is 1.98. The molecule has 0 radical (unpaired) electrons. The quantitative estimate of drug-likeness (QED) is 0.858. The molecule has 1 N–H and O–H groups in total. The Morgan fingerprint density at radius 3 is 3.11 bits per heavy atom. The fourth-order valence-corrected chi connectivity index (χ4v) is 2.98. The highest BCUT2D eigenvalue weighted by Gasteiger charge is 2.15. The van der Waals surface area contributed by atoms with Gasteiger partial charge in [0, 0.05) is 30.7 Å². The molecule has 0 saturated carbocycles. The van der Waals surface area contributed by atoms with Crippen LogP contribution in [0.15, 0.2) is 6.07 Å². The minimum atomic E-state index is 0.438. The van der Waals surface area contributed by atoms with E-state index in [1.807, 2.05) is 24.8 Å². The molecule has 5 heteroatoms. The summed E-state index contributed by atoms with van der Waals surface area (Å²) in [6.07, 6.45) is 2.84. The smallest absolute Gasteiger partial charge is 0.140 e. The van der Waals surface area contributed by atoms with Crippen molar-refractivity contribution in [3.8, 4) is 0 Å². The van der Waals surface area contributed by atoms with Gasteiger partial charge in [-0.25, -0.2) is 9.97 Å². The number of rotatable bonds is 6. The zero-order chi connectivity index (χ0) is 12.8. The SMILES string of the molecule is CCNc1cc(C)nc(CSCC2CCCO2)n1. The molecular formula is C13H21N3OS. The van der Waals surface area contributed by atoms with E-state index >= 15 is 0 Å². The Labute approximate surface area is 113 Å². The molecule has 2 rings (SSSR count). The van der Waals surface area contributed by atoms with Crippen molar-refractivity contribution in [3.63, 3.8) is 0 Å². The summed E-state index contributed by atoms with van der Waals surface area (Å²) in [4.78, 5) is 8.97. The maximum atomic E-state index is 5.60. The number of aromatic nitrogens is 2. The van der Waals surface area contributed by atoms with Crippen molar-refractivity contribution in [2.75, 3.05) is 24.2 Å². The van der Waals surface area contributed by atoms with Crippen molar-refractivity contribution in [1.82, 2.24) is 9.97 Å². The summed E-state index contributed by atoms with van der Waals surface area (Å²) in [5, 5.41) is 3.24. The molecule has 1 saturated heterocycles. The van der Waals surface area contributed by atoms with Crippen LogP contribution < -0.4 is 5.32 Å². The Balaban J connectivity index is 1.83.